The summed E-state index contributed by atoms with van der Waals surface area (Å²) in [7, 11) is 0. The first-order valence-electron chi connectivity index (χ1n) is 8.99. The van der Waals surface area contributed by atoms with Gasteiger partial charge in [-0.25, -0.2) is 18.0 Å². The van der Waals surface area contributed by atoms with Crippen molar-refractivity contribution in [3.05, 3.63) is 51.9 Å². The van der Waals surface area contributed by atoms with Crippen molar-refractivity contribution in [2.45, 2.75) is 51.4 Å². The summed E-state index contributed by atoms with van der Waals surface area (Å²) in [6.07, 6.45) is 1.87. The summed E-state index contributed by atoms with van der Waals surface area (Å²) < 4.78 is 57.9. The third kappa shape index (κ3) is 4.18. The van der Waals surface area contributed by atoms with E-state index in [1.54, 1.807) is 12.1 Å². The lowest BCUT2D eigenvalue weighted by molar-refractivity contribution is 0.0726. The lowest BCUT2D eigenvalue weighted by Gasteiger charge is -2.29. The number of rotatable bonds is 5. The number of ether oxygens (including phenoxy) is 1. The maximum atomic E-state index is 13.5. The molecule has 1 aromatic heterocycles. The zero-order chi connectivity index (χ0) is 19.6. The number of alkyl halides is 2. The topological polar surface area (TPSA) is 26.3 Å². The van der Waals surface area contributed by atoms with E-state index in [0.717, 1.165) is 37.7 Å². The molecule has 0 bridgehead atoms. The fourth-order valence-corrected chi connectivity index (χ4v) is 4.47. The molecular weight excluding hydrogens is 380 g/mol. The Labute approximate surface area is 159 Å². The maximum absolute atomic E-state index is 13.5. The van der Waals surface area contributed by atoms with Crippen LogP contribution in [0.25, 0.3) is 0 Å². The molecule has 0 radical (unpaired) electrons. The smallest absolute Gasteiger partial charge is 0.344 e. The Morgan fingerprint density at radius 3 is 2.48 bits per heavy atom. The molecule has 1 fully saturated rings. The molecule has 0 amide bonds. The van der Waals surface area contributed by atoms with Crippen molar-refractivity contribution in [1.82, 2.24) is 0 Å². The van der Waals surface area contributed by atoms with Crippen LogP contribution in [0.5, 0.6) is 5.06 Å². The van der Waals surface area contributed by atoms with Crippen LogP contribution in [0, 0.1) is 16.9 Å². The minimum Gasteiger partial charge on any atom is -0.411 e. The van der Waals surface area contributed by atoms with E-state index in [2.05, 4.69) is 6.92 Å². The average molecular weight is 400 g/mol. The van der Waals surface area contributed by atoms with Gasteiger partial charge in [-0.3, -0.25) is 0 Å². The molecule has 27 heavy (non-hydrogen) atoms. The number of hydrogen-bond donors (Lipinski definition) is 0. The number of thiophene rings is 1. The highest BCUT2D eigenvalue weighted by molar-refractivity contribution is 7.12. The van der Waals surface area contributed by atoms with Gasteiger partial charge in [0.1, 0.15) is 5.56 Å². The highest BCUT2D eigenvalue weighted by Crippen LogP contribution is 2.41. The molecule has 1 saturated carbocycles. The van der Waals surface area contributed by atoms with Gasteiger partial charge in [0.05, 0.1) is 5.56 Å². The first-order chi connectivity index (χ1) is 12.9. The predicted octanol–water partition coefficient (Wildman–Crippen LogP) is 6.87. The lowest BCUT2D eigenvalue weighted by atomic mass is 9.77. The van der Waals surface area contributed by atoms with E-state index in [0.29, 0.717) is 5.92 Å². The summed E-state index contributed by atoms with van der Waals surface area (Å²) in [5.41, 5.74) is -0.146. The van der Waals surface area contributed by atoms with Gasteiger partial charge in [-0.15, -0.1) is 0 Å². The second kappa shape index (κ2) is 8.42. The molecule has 0 atom stereocenters. The Morgan fingerprint density at radius 2 is 1.85 bits per heavy atom. The van der Waals surface area contributed by atoms with Crippen LogP contribution < -0.4 is 4.74 Å². The van der Waals surface area contributed by atoms with Crippen molar-refractivity contribution >= 4 is 17.3 Å². The Kier molecular flexibility index (Phi) is 6.19. The Bertz CT molecular complexity index is 810. The van der Waals surface area contributed by atoms with E-state index in [9.17, 15) is 22.4 Å². The fraction of sp³-hybridized carbons (Fsp3) is 0.450. The fourth-order valence-electron chi connectivity index (χ4n) is 3.70. The number of carbonyl (C=O) groups excluding carboxylic acids is 1. The highest BCUT2D eigenvalue weighted by Gasteiger charge is 2.30. The van der Waals surface area contributed by atoms with E-state index in [1.807, 2.05) is 12.1 Å². The van der Waals surface area contributed by atoms with E-state index in [1.165, 1.54) is 0 Å². The average Bonchev–Trinajstić information content (AvgIpc) is 2.95. The highest BCUT2D eigenvalue weighted by atomic mass is 32.1. The summed E-state index contributed by atoms with van der Waals surface area (Å²) >= 11 is 0.0723. The molecule has 1 aromatic carbocycles. The molecule has 0 unspecified atom stereocenters. The summed E-state index contributed by atoms with van der Waals surface area (Å²) in [6, 6.07) is 6.86. The number of benzene rings is 1. The summed E-state index contributed by atoms with van der Waals surface area (Å²) in [6.45, 7) is 2.16. The monoisotopic (exact) mass is 400 g/mol. The van der Waals surface area contributed by atoms with Gasteiger partial charge in [0, 0.05) is 0 Å². The molecule has 0 saturated heterocycles. The number of esters is 1. The van der Waals surface area contributed by atoms with E-state index >= 15 is 0 Å². The largest absolute Gasteiger partial charge is 0.411 e. The second-order valence-corrected chi connectivity index (χ2v) is 7.73. The van der Waals surface area contributed by atoms with Crippen molar-refractivity contribution in [2.24, 2.45) is 5.92 Å². The molecule has 1 aliphatic carbocycles. The Morgan fingerprint density at radius 1 is 1.19 bits per heavy atom. The maximum Gasteiger partial charge on any atom is 0.344 e. The third-order valence-corrected chi connectivity index (χ3v) is 6.11. The van der Waals surface area contributed by atoms with Gasteiger partial charge in [0.25, 0.3) is 6.43 Å². The SMILES string of the molecule is CC[C@H]1CC[C@H](c2ccccc2C(=O)Oc2sc(F)c(F)c2C(F)F)CC1. The summed E-state index contributed by atoms with van der Waals surface area (Å²) in [5.74, 6) is -1.66. The van der Waals surface area contributed by atoms with E-state index < -0.39 is 34.0 Å². The van der Waals surface area contributed by atoms with Gasteiger partial charge in [-0.05, 0) is 49.1 Å². The van der Waals surface area contributed by atoms with Gasteiger partial charge >= 0.3 is 5.97 Å². The van der Waals surface area contributed by atoms with Crippen LogP contribution in [0.1, 0.15) is 72.9 Å². The molecule has 1 aliphatic rings. The minimum atomic E-state index is -3.27. The van der Waals surface area contributed by atoms with E-state index in [-0.39, 0.29) is 22.8 Å². The summed E-state index contributed by atoms with van der Waals surface area (Å²) in [4.78, 5) is 12.6. The summed E-state index contributed by atoms with van der Waals surface area (Å²) in [5, 5.41) is -2.14. The van der Waals surface area contributed by atoms with Crippen molar-refractivity contribution < 1.29 is 27.1 Å². The molecule has 7 heteroatoms. The van der Waals surface area contributed by atoms with Crippen LogP contribution in [-0.4, -0.2) is 5.97 Å². The van der Waals surface area contributed by atoms with Gasteiger partial charge in [-0.1, -0.05) is 42.9 Å². The molecule has 146 valence electrons. The van der Waals surface area contributed by atoms with Gasteiger partial charge in [0.2, 0.25) is 5.13 Å². The molecule has 0 N–H and O–H groups in total. The molecular formula is C20H20F4O2S. The standard InChI is InChI=1S/C20H20F4O2S/c1-2-11-7-9-12(10-8-11)13-5-3-4-6-14(13)19(25)26-20-15(17(22)23)16(21)18(24)27-20/h3-6,11-12,17H,2,7-10H2,1H3/t11-,12-. The molecule has 2 nitrogen and oxygen atoms in total. The number of hydrogen-bond acceptors (Lipinski definition) is 3. The first kappa shape index (κ1) is 19.9. The van der Waals surface area contributed by atoms with Crippen LogP contribution in [0.3, 0.4) is 0 Å². The molecule has 2 aromatic rings. The Hall–Kier alpha value is -1.89. The van der Waals surface area contributed by atoms with Gasteiger partial charge in [0.15, 0.2) is 10.9 Å². The van der Waals surface area contributed by atoms with E-state index in [4.69, 9.17) is 4.74 Å². The molecule has 3 rings (SSSR count). The number of carbonyl (C=O) groups is 1. The van der Waals surface area contributed by atoms with Crippen LogP contribution in [0.15, 0.2) is 24.3 Å². The Balaban J connectivity index is 1.84. The zero-order valence-electron chi connectivity index (χ0n) is 14.8. The lowest BCUT2D eigenvalue weighted by Crippen LogP contribution is -2.17. The van der Waals surface area contributed by atoms with Crippen LogP contribution in [0.4, 0.5) is 17.6 Å². The first-order valence-corrected chi connectivity index (χ1v) is 9.80. The van der Waals surface area contributed by atoms with Gasteiger partial charge in [-0.2, -0.15) is 4.39 Å². The second-order valence-electron chi connectivity index (χ2n) is 6.79. The molecule has 1 heterocycles. The quantitative estimate of drug-likeness (QED) is 0.404. The van der Waals surface area contributed by atoms with Crippen LogP contribution >= 0.6 is 11.3 Å². The van der Waals surface area contributed by atoms with Crippen LogP contribution in [0.2, 0.25) is 0 Å². The third-order valence-electron chi connectivity index (χ3n) is 5.26. The van der Waals surface area contributed by atoms with Crippen LogP contribution in [-0.2, 0) is 0 Å². The van der Waals surface area contributed by atoms with Crippen molar-refractivity contribution in [1.29, 1.82) is 0 Å². The van der Waals surface area contributed by atoms with Crippen molar-refractivity contribution in [3.8, 4) is 5.06 Å². The molecule has 0 spiro atoms. The van der Waals surface area contributed by atoms with Crippen molar-refractivity contribution in [2.75, 3.05) is 0 Å². The molecule has 0 aliphatic heterocycles. The normalized spacial score (nSPS) is 20.1. The number of halogens is 4. The van der Waals surface area contributed by atoms with Crippen molar-refractivity contribution in [3.63, 3.8) is 0 Å². The van der Waals surface area contributed by atoms with Gasteiger partial charge < -0.3 is 4.74 Å². The zero-order valence-corrected chi connectivity index (χ0v) is 15.6. The predicted molar refractivity (Wildman–Crippen MR) is 95.6 cm³/mol. The minimum absolute atomic E-state index is 0.0723.